The highest BCUT2D eigenvalue weighted by molar-refractivity contribution is 5.16. The van der Waals surface area contributed by atoms with Crippen LogP contribution >= 0.6 is 0 Å². The minimum Gasteiger partial charge on any atom is -0.478 e. The van der Waals surface area contributed by atoms with E-state index in [9.17, 15) is 0 Å². The van der Waals surface area contributed by atoms with Crippen molar-refractivity contribution in [2.24, 2.45) is 0 Å². The standard InChI is InChI=1S/C7H10N2O.C2H6/c1-8-6-10-7-2-4-9-5-3-7;1-2/h2-5,8H,6H2,1H3;1-2H3. The summed E-state index contributed by atoms with van der Waals surface area (Å²) in [5.74, 6) is 0.837. The molecule has 0 radical (unpaired) electrons. The lowest BCUT2D eigenvalue weighted by Crippen LogP contribution is -2.13. The Labute approximate surface area is 73.8 Å². The van der Waals surface area contributed by atoms with E-state index in [1.165, 1.54) is 0 Å². The number of nitrogens with one attached hydrogen (secondary N) is 1. The molecule has 0 fully saturated rings. The van der Waals surface area contributed by atoms with Gasteiger partial charge in [-0.1, -0.05) is 13.8 Å². The highest BCUT2D eigenvalue weighted by Gasteiger charge is 1.86. The first-order valence-electron chi connectivity index (χ1n) is 4.11. The van der Waals surface area contributed by atoms with Gasteiger partial charge in [-0.15, -0.1) is 0 Å². The van der Waals surface area contributed by atoms with Gasteiger partial charge in [0.05, 0.1) is 0 Å². The number of nitrogens with zero attached hydrogens (tertiary/aromatic N) is 1. The Bertz CT molecular complexity index is 177. The summed E-state index contributed by atoms with van der Waals surface area (Å²) in [5, 5.41) is 2.87. The van der Waals surface area contributed by atoms with Crippen LogP contribution in [-0.2, 0) is 0 Å². The average Bonchev–Trinajstić information content (AvgIpc) is 2.19. The third-order valence-electron chi connectivity index (χ3n) is 1.03. The third-order valence-corrected chi connectivity index (χ3v) is 1.03. The van der Waals surface area contributed by atoms with E-state index in [-0.39, 0.29) is 0 Å². The summed E-state index contributed by atoms with van der Waals surface area (Å²) in [7, 11) is 1.83. The molecule has 1 N–H and O–H groups in total. The minimum absolute atomic E-state index is 0.532. The Balaban J connectivity index is 0.000000561. The van der Waals surface area contributed by atoms with Crippen LogP contribution in [-0.4, -0.2) is 18.8 Å². The molecular weight excluding hydrogens is 152 g/mol. The van der Waals surface area contributed by atoms with Gasteiger partial charge in [-0.25, -0.2) is 0 Å². The smallest absolute Gasteiger partial charge is 0.139 e. The highest BCUT2D eigenvalue weighted by atomic mass is 16.5. The molecule has 0 amide bonds. The maximum Gasteiger partial charge on any atom is 0.139 e. The van der Waals surface area contributed by atoms with Gasteiger partial charge in [-0.3, -0.25) is 10.3 Å². The first-order valence-corrected chi connectivity index (χ1v) is 4.11. The molecule has 0 aliphatic heterocycles. The summed E-state index contributed by atoms with van der Waals surface area (Å²) in [4.78, 5) is 3.85. The van der Waals surface area contributed by atoms with E-state index in [0.717, 1.165) is 5.75 Å². The van der Waals surface area contributed by atoms with Gasteiger partial charge < -0.3 is 4.74 Å². The van der Waals surface area contributed by atoms with E-state index in [2.05, 4.69) is 10.3 Å². The monoisotopic (exact) mass is 168 g/mol. The van der Waals surface area contributed by atoms with E-state index >= 15 is 0 Å². The number of ether oxygens (including phenoxy) is 1. The first-order chi connectivity index (χ1) is 5.93. The number of hydrogen-bond acceptors (Lipinski definition) is 3. The molecule has 0 aliphatic rings. The van der Waals surface area contributed by atoms with Gasteiger partial charge in [-0.2, -0.15) is 0 Å². The second-order valence-electron chi connectivity index (χ2n) is 1.83. The van der Waals surface area contributed by atoms with Crippen molar-refractivity contribution in [1.29, 1.82) is 0 Å². The number of rotatable bonds is 3. The molecule has 0 unspecified atom stereocenters. The van der Waals surface area contributed by atoms with Gasteiger partial charge in [0.2, 0.25) is 0 Å². The Morgan fingerprint density at radius 2 is 1.92 bits per heavy atom. The van der Waals surface area contributed by atoms with Crippen molar-refractivity contribution in [3.8, 4) is 5.75 Å². The molecule has 0 saturated heterocycles. The molecule has 1 rings (SSSR count). The Kier molecular flexibility index (Phi) is 7.28. The fourth-order valence-electron chi connectivity index (χ4n) is 0.590. The van der Waals surface area contributed by atoms with Gasteiger partial charge in [0.1, 0.15) is 12.5 Å². The fraction of sp³-hybridized carbons (Fsp3) is 0.444. The first kappa shape index (κ1) is 10.9. The van der Waals surface area contributed by atoms with Crippen molar-refractivity contribution in [2.75, 3.05) is 13.8 Å². The number of hydrogen-bond donors (Lipinski definition) is 1. The van der Waals surface area contributed by atoms with E-state index < -0.39 is 0 Å². The number of pyridine rings is 1. The molecule has 0 bridgehead atoms. The zero-order valence-corrected chi connectivity index (χ0v) is 7.87. The fourth-order valence-corrected chi connectivity index (χ4v) is 0.590. The Morgan fingerprint density at radius 1 is 1.33 bits per heavy atom. The van der Waals surface area contributed by atoms with Crippen LogP contribution in [0.2, 0.25) is 0 Å². The van der Waals surface area contributed by atoms with Crippen LogP contribution in [0.1, 0.15) is 13.8 Å². The van der Waals surface area contributed by atoms with Crippen LogP contribution in [0.4, 0.5) is 0 Å². The van der Waals surface area contributed by atoms with Crippen LogP contribution in [0.15, 0.2) is 24.5 Å². The van der Waals surface area contributed by atoms with Crippen LogP contribution in [0, 0.1) is 0 Å². The molecule has 1 aromatic heterocycles. The summed E-state index contributed by atoms with van der Waals surface area (Å²) >= 11 is 0. The highest BCUT2D eigenvalue weighted by Crippen LogP contribution is 2.04. The molecule has 3 nitrogen and oxygen atoms in total. The largest absolute Gasteiger partial charge is 0.478 e. The molecule has 1 aromatic rings. The maximum atomic E-state index is 5.20. The van der Waals surface area contributed by atoms with E-state index in [4.69, 9.17) is 4.74 Å². The van der Waals surface area contributed by atoms with Crippen molar-refractivity contribution in [3.05, 3.63) is 24.5 Å². The van der Waals surface area contributed by atoms with Gasteiger partial charge in [0.15, 0.2) is 0 Å². The topological polar surface area (TPSA) is 34.1 Å². The third kappa shape index (κ3) is 4.68. The molecule has 0 atom stereocenters. The maximum absolute atomic E-state index is 5.20. The van der Waals surface area contributed by atoms with Crippen molar-refractivity contribution in [3.63, 3.8) is 0 Å². The molecule has 0 spiro atoms. The van der Waals surface area contributed by atoms with E-state index in [1.807, 2.05) is 33.0 Å². The predicted octanol–water partition coefficient (Wildman–Crippen LogP) is 1.66. The second kappa shape index (κ2) is 8.01. The lowest BCUT2D eigenvalue weighted by molar-refractivity contribution is 0.295. The van der Waals surface area contributed by atoms with Gasteiger partial charge in [0.25, 0.3) is 0 Å². The molecule has 1 heterocycles. The summed E-state index contributed by atoms with van der Waals surface area (Å²) in [6, 6.07) is 3.63. The van der Waals surface area contributed by atoms with Crippen molar-refractivity contribution >= 4 is 0 Å². The SMILES string of the molecule is CC.CNCOc1ccncc1. The second-order valence-corrected chi connectivity index (χ2v) is 1.83. The predicted molar refractivity (Wildman–Crippen MR) is 50.1 cm³/mol. The Morgan fingerprint density at radius 3 is 2.42 bits per heavy atom. The van der Waals surface area contributed by atoms with E-state index in [0.29, 0.717) is 6.73 Å². The molecule has 68 valence electrons. The zero-order chi connectivity index (χ0) is 9.23. The molecule has 3 heteroatoms. The van der Waals surface area contributed by atoms with Gasteiger partial charge in [0, 0.05) is 12.4 Å². The summed E-state index contributed by atoms with van der Waals surface area (Å²) < 4.78 is 5.20. The quantitative estimate of drug-likeness (QED) is 0.697. The molecule has 0 aliphatic carbocycles. The van der Waals surface area contributed by atoms with Crippen molar-refractivity contribution in [1.82, 2.24) is 10.3 Å². The molecule has 12 heavy (non-hydrogen) atoms. The van der Waals surface area contributed by atoms with Crippen molar-refractivity contribution < 1.29 is 4.74 Å². The molecule has 0 aromatic carbocycles. The lowest BCUT2D eigenvalue weighted by Gasteiger charge is -2.02. The van der Waals surface area contributed by atoms with Crippen LogP contribution in [0.5, 0.6) is 5.75 Å². The van der Waals surface area contributed by atoms with Crippen molar-refractivity contribution in [2.45, 2.75) is 13.8 Å². The molecule has 0 saturated carbocycles. The summed E-state index contributed by atoms with van der Waals surface area (Å²) in [6.45, 7) is 4.53. The van der Waals surface area contributed by atoms with Crippen LogP contribution in [0.3, 0.4) is 0 Å². The van der Waals surface area contributed by atoms with Gasteiger partial charge >= 0.3 is 0 Å². The zero-order valence-electron chi connectivity index (χ0n) is 7.87. The average molecular weight is 168 g/mol. The van der Waals surface area contributed by atoms with Crippen LogP contribution < -0.4 is 10.1 Å². The van der Waals surface area contributed by atoms with E-state index in [1.54, 1.807) is 12.4 Å². The van der Waals surface area contributed by atoms with Gasteiger partial charge in [-0.05, 0) is 19.2 Å². The Hall–Kier alpha value is -1.09. The summed E-state index contributed by atoms with van der Waals surface area (Å²) in [5.41, 5.74) is 0. The normalized spacial score (nSPS) is 8.25. The van der Waals surface area contributed by atoms with Crippen LogP contribution in [0.25, 0.3) is 0 Å². The molecular formula is C9H16N2O. The summed E-state index contributed by atoms with van der Waals surface area (Å²) in [6.07, 6.45) is 3.40. The lowest BCUT2D eigenvalue weighted by atomic mass is 10.5. The minimum atomic E-state index is 0.532. The number of aromatic nitrogens is 1.